The van der Waals surface area contributed by atoms with Gasteiger partial charge in [-0.1, -0.05) is 6.07 Å². The van der Waals surface area contributed by atoms with E-state index in [0.29, 0.717) is 12.6 Å². The molecule has 104 valence electrons. The van der Waals surface area contributed by atoms with E-state index < -0.39 is 0 Å². The van der Waals surface area contributed by atoms with E-state index in [9.17, 15) is 4.39 Å². The standard InChI is InChI=1S/C15H21FN2O/c1-10-8-11(16)2-5-13(10)15-14(9-17)19-7-6-18(15)12-3-4-12/h2,5,8,12,14-15H,3-4,6-7,9,17H2,1H3. The smallest absolute Gasteiger partial charge is 0.123 e. The Morgan fingerprint density at radius 3 is 2.84 bits per heavy atom. The summed E-state index contributed by atoms with van der Waals surface area (Å²) in [6, 6.07) is 5.86. The number of hydrogen-bond acceptors (Lipinski definition) is 3. The predicted octanol–water partition coefficient (Wildman–Crippen LogP) is 2.00. The normalized spacial score (nSPS) is 28.6. The fourth-order valence-corrected chi connectivity index (χ4v) is 3.12. The minimum Gasteiger partial charge on any atom is -0.374 e. The van der Waals surface area contributed by atoms with Crippen molar-refractivity contribution in [3.05, 3.63) is 35.1 Å². The van der Waals surface area contributed by atoms with Gasteiger partial charge in [0.25, 0.3) is 0 Å². The van der Waals surface area contributed by atoms with Crippen molar-refractivity contribution >= 4 is 0 Å². The first-order valence-corrected chi connectivity index (χ1v) is 7.04. The second kappa shape index (κ2) is 5.19. The molecule has 0 bridgehead atoms. The number of rotatable bonds is 3. The van der Waals surface area contributed by atoms with Gasteiger partial charge in [-0.15, -0.1) is 0 Å². The van der Waals surface area contributed by atoms with E-state index in [4.69, 9.17) is 10.5 Å². The molecular weight excluding hydrogens is 243 g/mol. The van der Waals surface area contributed by atoms with Gasteiger partial charge in [0.15, 0.2) is 0 Å². The van der Waals surface area contributed by atoms with Gasteiger partial charge in [0.1, 0.15) is 5.82 Å². The van der Waals surface area contributed by atoms with E-state index >= 15 is 0 Å². The highest BCUT2D eigenvalue weighted by molar-refractivity contribution is 5.31. The van der Waals surface area contributed by atoms with Crippen LogP contribution in [0.3, 0.4) is 0 Å². The Morgan fingerprint density at radius 1 is 1.42 bits per heavy atom. The predicted molar refractivity (Wildman–Crippen MR) is 72.4 cm³/mol. The first-order chi connectivity index (χ1) is 9.20. The third-order valence-corrected chi connectivity index (χ3v) is 4.19. The average molecular weight is 264 g/mol. The van der Waals surface area contributed by atoms with Crippen molar-refractivity contribution in [1.29, 1.82) is 0 Å². The highest BCUT2D eigenvalue weighted by Gasteiger charge is 2.41. The van der Waals surface area contributed by atoms with Crippen LogP contribution in [-0.4, -0.2) is 36.7 Å². The van der Waals surface area contributed by atoms with Crippen LogP contribution in [0.1, 0.15) is 30.0 Å². The zero-order valence-corrected chi connectivity index (χ0v) is 11.3. The Hall–Kier alpha value is -0.970. The van der Waals surface area contributed by atoms with Crippen LogP contribution in [0, 0.1) is 12.7 Å². The summed E-state index contributed by atoms with van der Waals surface area (Å²) in [5.74, 6) is -0.180. The maximum atomic E-state index is 13.3. The lowest BCUT2D eigenvalue weighted by molar-refractivity contribution is -0.0714. The van der Waals surface area contributed by atoms with Crippen molar-refractivity contribution in [2.45, 2.75) is 38.0 Å². The second-order valence-corrected chi connectivity index (χ2v) is 5.56. The molecule has 1 aromatic carbocycles. The molecule has 1 saturated heterocycles. The molecule has 3 rings (SSSR count). The fourth-order valence-electron chi connectivity index (χ4n) is 3.12. The molecule has 2 fully saturated rings. The molecule has 0 radical (unpaired) electrons. The Bertz CT molecular complexity index is 461. The van der Waals surface area contributed by atoms with Crippen LogP contribution in [0.4, 0.5) is 4.39 Å². The topological polar surface area (TPSA) is 38.5 Å². The first kappa shape index (κ1) is 13.0. The van der Waals surface area contributed by atoms with Crippen molar-refractivity contribution in [2.75, 3.05) is 19.7 Å². The summed E-state index contributed by atoms with van der Waals surface area (Å²) in [5.41, 5.74) is 8.01. The molecule has 1 heterocycles. The van der Waals surface area contributed by atoms with Gasteiger partial charge >= 0.3 is 0 Å². The van der Waals surface area contributed by atoms with Crippen molar-refractivity contribution in [1.82, 2.24) is 4.90 Å². The first-order valence-electron chi connectivity index (χ1n) is 7.04. The number of halogens is 1. The summed E-state index contributed by atoms with van der Waals surface area (Å²) in [4.78, 5) is 2.50. The molecule has 1 saturated carbocycles. The molecule has 1 aromatic rings. The zero-order chi connectivity index (χ0) is 13.4. The third-order valence-electron chi connectivity index (χ3n) is 4.19. The SMILES string of the molecule is Cc1cc(F)ccc1C1C(CN)OCCN1C1CC1. The maximum absolute atomic E-state index is 13.3. The van der Waals surface area contributed by atoms with Crippen molar-refractivity contribution < 1.29 is 9.13 Å². The van der Waals surface area contributed by atoms with E-state index in [2.05, 4.69) is 4.90 Å². The number of aryl methyl sites for hydroxylation is 1. The third kappa shape index (κ3) is 2.53. The summed E-state index contributed by atoms with van der Waals surface area (Å²) in [5, 5.41) is 0. The number of ether oxygens (including phenoxy) is 1. The van der Waals surface area contributed by atoms with Crippen LogP contribution in [0.15, 0.2) is 18.2 Å². The van der Waals surface area contributed by atoms with E-state index in [1.807, 2.05) is 13.0 Å². The molecular formula is C15H21FN2O. The Morgan fingerprint density at radius 2 is 2.21 bits per heavy atom. The minimum atomic E-state index is -0.180. The number of morpholine rings is 1. The van der Waals surface area contributed by atoms with E-state index in [-0.39, 0.29) is 18.0 Å². The Labute approximate surface area is 113 Å². The van der Waals surface area contributed by atoms with Gasteiger partial charge < -0.3 is 10.5 Å². The molecule has 1 aliphatic carbocycles. The summed E-state index contributed by atoms with van der Waals surface area (Å²) in [6.45, 7) is 4.16. The number of hydrogen-bond donors (Lipinski definition) is 1. The Kier molecular flexibility index (Phi) is 3.56. The summed E-state index contributed by atoms with van der Waals surface area (Å²) in [7, 11) is 0. The minimum absolute atomic E-state index is 0.0125. The second-order valence-electron chi connectivity index (χ2n) is 5.56. The number of nitrogens with two attached hydrogens (primary N) is 1. The van der Waals surface area contributed by atoms with Gasteiger partial charge in [-0.2, -0.15) is 0 Å². The lowest BCUT2D eigenvalue weighted by atomic mass is 9.94. The lowest BCUT2D eigenvalue weighted by Gasteiger charge is -2.42. The molecule has 2 unspecified atom stereocenters. The molecule has 2 aliphatic rings. The van der Waals surface area contributed by atoms with Crippen molar-refractivity contribution in [3.8, 4) is 0 Å². The molecule has 1 aliphatic heterocycles. The summed E-state index contributed by atoms with van der Waals surface area (Å²) in [6.07, 6.45) is 2.53. The van der Waals surface area contributed by atoms with Gasteiger partial charge in [-0.25, -0.2) is 4.39 Å². The molecule has 3 nitrogen and oxygen atoms in total. The highest BCUT2D eigenvalue weighted by Crippen LogP contribution is 2.39. The number of benzene rings is 1. The lowest BCUT2D eigenvalue weighted by Crippen LogP contribution is -2.49. The monoisotopic (exact) mass is 264 g/mol. The maximum Gasteiger partial charge on any atom is 0.123 e. The zero-order valence-electron chi connectivity index (χ0n) is 11.3. The van der Waals surface area contributed by atoms with Crippen LogP contribution in [0.5, 0.6) is 0 Å². The van der Waals surface area contributed by atoms with Crippen LogP contribution < -0.4 is 5.73 Å². The van der Waals surface area contributed by atoms with Crippen LogP contribution in [0.2, 0.25) is 0 Å². The largest absolute Gasteiger partial charge is 0.374 e. The average Bonchev–Trinajstić information content (AvgIpc) is 3.22. The quantitative estimate of drug-likeness (QED) is 0.907. The molecule has 2 N–H and O–H groups in total. The number of nitrogens with zero attached hydrogens (tertiary/aromatic N) is 1. The Balaban J connectivity index is 1.95. The van der Waals surface area contributed by atoms with E-state index in [0.717, 1.165) is 24.3 Å². The van der Waals surface area contributed by atoms with Crippen LogP contribution in [-0.2, 0) is 4.74 Å². The van der Waals surface area contributed by atoms with Crippen molar-refractivity contribution in [3.63, 3.8) is 0 Å². The molecule has 0 aromatic heterocycles. The summed E-state index contributed by atoms with van der Waals surface area (Å²) < 4.78 is 19.1. The molecule has 19 heavy (non-hydrogen) atoms. The molecule has 2 atom stereocenters. The van der Waals surface area contributed by atoms with Crippen LogP contribution >= 0.6 is 0 Å². The van der Waals surface area contributed by atoms with Gasteiger partial charge in [0.2, 0.25) is 0 Å². The molecule has 0 amide bonds. The molecule has 4 heteroatoms. The van der Waals surface area contributed by atoms with Crippen molar-refractivity contribution in [2.24, 2.45) is 5.73 Å². The van der Waals surface area contributed by atoms with E-state index in [1.165, 1.54) is 18.9 Å². The molecule has 0 spiro atoms. The fraction of sp³-hybridized carbons (Fsp3) is 0.600. The van der Waals surface area contributed by atoms with Gasteiger partial charge in [-0.3, -0.25) is 4.90 Å². The van der Waals surface area contributed by atoms with E-state index in [1.54, 1.807) is 6.07 Å². The van der Waals surface area contributed by atoms with Crippen LogP contribution in [0.25, 0.3) is 0 Å². The van der Waals surface area contributed by atoms with Gasteiger partial charge in [-0.05, 0) is 43.0 Å². The summed E-state index contributed by atoms with van der Waals surface area (Å²) >= 11 is 0. The highest BCUT2D eigenvalue weighted by atomic mass is 19.1. The van der Waals surface area contributed by atoms with Gasteiger partial charge in [0.05, 0.1) is 18.8 Å². The van der Waals surface area contributed by atoms with Gasteiger partial charge in [0, 0.05) is 19.1 Å².